The van der Waals surface area contributed by atoms with Crippen LogP contribution in [0.3, 0.4) is 0 Å². The number of anilines is 2. The lowest BCUT2D eigenvalue weighted by Gasteiger charge is -2.35. The van der Waals surface area contributed by atoms with Gasteiger partial charge in [-0.3, -0.25) is 15.0 Å². The molecular formula is C22H26N4O5. The summed E-state index contributed by atoms with van der Waals surface area (Å²) in [5.41, 5.74) is 6.87. The minimum Gasteiger partial charge on any atom is -0.489 e. The van der Waals surface area contributed by atoms with E-state index in [0.717, 1.165) is 0 Å². The molecule has 0 aromatic heterocycles. The molecule has 31 heavy (non-hydrogen) atoms. The van der Waals surface area contributed by atoms with Crippen LogP contribution in [0, 0.1) is 5.41 Å². The van der Waals surface area contributed by atoms with Gasteiger partial charge in [0.15, 0.2) is 12.2 Å². The van der Waals surface area contributed by atoms with E-state index >= 15 is 0 Å². The molecule has 3 rings (SSSR count). The highest BCUT2D eigenvalue weighted by atomic mass is 16.5. The highest BCUT2D eigenvalue weighted by molar-refractivity contribution is 6.04. The Morgan fingerprint density at radius 2 is 1.94 bits per heavy atom. The normalized spacial score (nSPS) is 17.4. The molecular weight excluding hydrogens is 400 g/mol. The Morgan fingerprint density at radius 3 is 2.58 bits per heavy atom. The fourth-order valence-electron chi connectivity index (χ4n) is 3.19. The number of nitrogens with zero attached hydrogens (tertiary/aromatic N) is 1. The molecule has 5 N–H and O–H groups in total. The van der Waals surface area contributed by atoms with Gasteiger partial charge in [0.05, 0.1) is 18.4 Å². The first-order chi connectivity index (χ1) is 14.8. The number of carbonyl (C=O) groups is 2. The van der Waals surface area contributed by atoms with Gasteiger partial charge in [-0.15, -0.1) is 0 Å². The van der Waals surface area contributed by atoms with Crippen LogP contribution in [0.4, 0.5) is 11.4 Å². The van der Waals surface area contributed by atoms with Crippen LogP contribution in [0.2, 0.25) is 0 Å². The minimum absolute atomic E-state index is 0.0844. The van der Waals surface area contributed by atoms with E-state index in [1.165, 1.54) is 4.90 Å². The van der Waals surface area contributed by atoms with Crippen molar-refractivity contribution in [3.8, 4) is 5.75 Å². The third-order valence-corrected chi connectivity index (χ3v) is 4.66. The molecule has 1 fully saturated rings. The molecule has 0 bridgehead atoms. The first-order valence-electron chi connectivity index (χ1n) is 9.90. The monoisotopic (exact) mass is 426 g/mol. The SMILES string of the molecule is CC(C)Oc1ccccc1N1CCO[C@H](C(O)C(=O)Nc2ccc(C(=N)N)cc2)C1=O. The Balaban J connectivity index is 1.73. The largest absolute Gasteiger partial charge is 0.489 e. The van der Waals surface area contributed by atoms with Crippen LogP contribution >= 0.6 is 0 Å². The maximum absolute atomic E-state index is 13.0. The van der Waals surface area contributed by atoms with Crippen LogP contribution in [0.5, 0.6) is 5.75 Å². The maximum Gasteiger partial charge on any atom is 0.259 e. The molecule has 0 aliphatic carbocycles. The predicted octanol–water partition coefficient (Wildman–Crippen LogP) is 1.49. The zero-order chi connectivity index (χ0) is 22.5. The van der Waals surface area contributed by atoms with E-state index in [1.54, 1.807) is 42.5 Å². The molecule has 9 heteroatoms. The van der Waals surface area contributed by atoms with Gasteiger partial charge in [-0.25, -0.2) is 0 Å². The Labute approximate surface area is 180 Å². The zero-order valence-electron chi connectivity index (χ0n) is 17.4. The number of carbonyl (C=O) groups excluding carboxylic acids is 2. The van der Waals surface area contributed by atoms with Gasteiger partial charge in [0.25, 0.3) is 11.8 Å². The number of benzene rings is 2. The predicted molar refractivity (Wildman–Crippen MR) is 116 cm³/mol. The minimum atomic E-state index is -1.71. The third kappa shape index (κ3) is 5.19. The molecule has 1 unspecified atom stereocenters. The van der Waals surface area contributed by atoms with Crippen molar-refractivity contribution in [3.05, 3.63) is 54.1 Å². The van der Waals surface area contributed by atoms with Gasteiger partial charge in [-0.2, -0.15) is 0 Å². The highest BCUT2D eigenvalue weighted by Gasteiger charge is 2.40. The number of nitrogens with two attached hydrogens (primary N) is 1. The third-order valence-electron chi connectivity index (χ3n) is 4.66. The van der Waals surface area contributed by atoms with Crippen LogP contribution in [-0.4, -0.2) is 54.2 Å². The number of nitrogen functional groups attached to an aromatic ring is 1. The highest BCUT2D eigenvalue weighted by Crippen LogP contribution is 2.31. The molecule has 2 aromatic carbocycles. The summed E-state index contributed by atoms with van der Waals surface area (Å²) < 4.78 is 11.2. The van der Waals surface area contributed by atoms with Gasteiger partial charge in [0.1, 0.15) is 11.6 Å². The van der Waals surface area contributed by atoms with E-state index in [-0.39, 0.29) is 25.1 Å². The standard InChI is InChI=1S/C22H26N4O5/c1-13(2)31-17-6-4-3-5-16(17)26-11-12-30-19(22(26)29)18(27)21(28)25-15-9-7-14(8-10-15)20(23)24/h3-10,13,18-19,27H,11-12H2,1-2H3,(H3,23,24)(H,25,28)/t18?,19-/m1/s1. The molecule has 1 aliphatic rings. The molecule has 0 saturated carbocycles. The van der Waals surface area contributed by atoms with Gasteiger partial charge in [0, 0.05) is 17.8 Å². The molecule has 1 saturated heterocycles. The Hall–Kier alpha value is -3.43. The van der Waals surface area contributed by atoms with Gasteiger partial charge >= 0.3 is 0 Å². The van der Waals surface area contributed by atoms with Crippen LogP contribution in [0.1, 0.15) is 19.4 Å². The number of amidine groups is 1. The smallest absolute Gasteiger partial charge is 0.259 e. The maximum atomic E-state index is 13.0. The first-order valence-corrected chi connectivity index (χ1v) is 9.90. The molecule has 0 spiro atoms. The molecule has 1 aliphatic heterocycles. The lowest BCUT2D eigenvalue weighted by Crippen LogP contribution is -2.55. The number of morpholine rings is 1. The Bertz CT molecular complexity index is 961. The number of amides is 2. The number of aliphatic hydroxyl groups excluding tert-OH is 1. The molecule has 2 aromatic rings. The van der Waals surface area contributed by atoms with Crippen LogP contribution < -0.4 is 20.7 Å². The fraction of sp³-hybridized carbons (Fsp3) is 0.318. The second kappa shape index (κ2) is 9.59. The Kier molecular flexibility index (Phi) is 6.88. The number of hydrogen-bond donors (Lipinski definition) is 4. The fourth-order valence-corrected chi connectivity index (χ4v) is 3.19. The van der Waals surface area contributed by atoms with E-state index < -0.39 is 24.0 Å². The van der Waals surface area contributed by atoms with Crippen LogP contribution in [0.15, 0.2) is 48.5 Å². The van der Waals surface area contributed by atoms with Gasteiger partial charge in [0.2, 0.25) is 0 Å². The first kappa shape index (κ1) is 22.3. The van der Waals surface area contributed by atoms with Crippen molar-refractivity contribution in [1.29, 1.82) is 5.41 Å². The number of ether oxygens (including phenoxy) is 2. The molecule has 2 atom stereocenters. The summed E-state index contributed by atoms with van der Waals surface area (Å²) in [6.07, 6.45) is -3.14. The second-order valence-corrected chi connectivity index (χ2v) is 7.34. The quantitative estimate of drug-likeness (QED) is 0.391. The molecule has 1 heterocycles. The number of nitrogens with one attached hydrogen (secondary N) is 2. The summed E-state index contributed by atoms with van der Waals surface area (Å²) in [7, 11) is 0. The van der Waals surface area contributed by atoms with E-state index in [9.17, 15) is 14.7 Å². The van der Waals surface area contributed by atoms with Crippen LogP contribution in [0.25, 0.3) is 0 Å². The summed E-state index contributed by atoms with van der Waals surface area (Å²) >= 11 is 0. The van der Waals surface area contributed by atoms with E-state index in [4.69, 9.17) is 20.6 Å². The van der Waals surface area contributed by atoms with E-state index in [1.807, 2.05) is 19.9 Å². The second-order valence-electron chi connectivity index (χ2n) is 7.34. The number of para-hydroxylation sites is 2. The van der Waals surface area contributed by atoms with Crippen molar-refractivity contribution in [2.75, 3.05) is 23.4 Å². The van der Waals surface area contributed by atoms with Gasteiger partial charge < -0.3 is 30.5 Å². The van der Waals surface area contributed by atoms with Crippen molar-refractivity contribution in [2.45, 2.75) is 32.2 Å². The molecule has 9 nitrogen and oxygen atoms in total. The summed E-state index contributed by atoms with van der Waals surface area (Å²) in [5, 5.41) is 20.5. The topological polar surface area (TPSA) is 138 Å². The molecule has 164 valence electrons. The number of hydrogen-bond acceptors (Lipinski definition) is 6. The van der Waals surface area contributed by atoms with E-state index in [0.29, 0.717) is 22.7 Å². The Morgan fingerprint density at radius 1 is 1.26 bits per heavy atom. The van der Waals surface area contributed by atoms with Crippen molar-refractivity contribution < 1.29 is 24.2 Å². The number of rotatable bonds is 7. The zero-order valence-corrected chi connectivity index (χ0v) is 17.4. The molecule has 0 radical (unpaired) electrons. The summed E-state index contributed by atoms with van der Waals surface area (Å²) in [4.78, 5) is 27.0. The summed E-state index contributed by atoms with van der Waals surface area (Å²) in [6, 6.07) is 13.4. The van der Waals surface area contributed by atoms with Crippen molar-refractivity contribution >= 4 is 29.0 Å². The molecule has 2 amide bonds. The van der Waals surface area contributed by atoms with Crippen LogP contribution in [-0.2, 0) is 14.3 Å². The van der Waals surface area contributed by atoms with Gasteiger partial charge in [-0.1, -0.05) is 12.1 Å². The average Bonchev–Trinajstić information content (AvgIpc) is 2.74. The van der Waals surface area contributed by atoms with Gasteiger partial charge in [-0.05, 0) is 50.2 Å². The number of aliphatic hydroxyl groups is 1. The average molecular weight is 426 g/mol. The van der Waals surface area contributed by atoms with Crippen molar-refractivity contribution in [2.24, 2.45) is 5.73 Å². The van der Waals surface area contributed by atoms with Crippen molar-refractivity contribution in [3.63, 3.8) is 0 Å². The lowest BCUT2D eigenvalue weighted by molar-refractivity contribution is -0.150. The van der Waals surface area contributed by atoms with Crippen molar-refractivity contribution in [1.82, 2.24) is 0 Å². The summed E-state index contributed by atoms with van der Waals surface area (Å²) in [6.45, 7) is 4.20. The summed E-state index contributed by atoms with van der Waals surface area (Å²) in [5.74, 6) is -0.861. The lowest BCUT2D eigenvalue weighted by atomic mass is 10.1. The van der Waals surface area contributed by atoms with E-state index in [2.05, 4.69) is 5.32 Å².